The highest BCUT2D eigenvalue weighted by atomic mass is 16.5. The highest BCUT2D eigenvalue weighted by Crippen LogP contribution is 2.35. The molecule has 2 heterocycles. The highest BCUT2D eigenvalue weighted by Gasteiger charge is 2.28. The van der Waals surface area contributed by atoms with E-state index < -0.39 is 12.1 Å². The molecule has 8 heteroatoms. The molecule has 1 saturated heterocycles. The number of hydrogen-bond donors (Lipinski definition) is 4. The van der Waals surface area contributed by atoms with Crippen LogP contribution < -0.4 is 20.3 Å². The zero-order valence-electron chi connectivity index (χ0n) is 24.5. The summed E-state index contributed by atoms with van der Waals surface area (Å²) in [6.45, 7) is 5.69. The molecule has 0 spiro atoms. The van der Waals surface area contributed by atoms with Crippen LogP contribution in [0.15, 0.2) is 72.9 Å². The molecular weight excluding hydrogens is 528 g/mol. The van der Waals surface area contributed by atoms with Gasteiger partial charge in [-0.2, -0.15) is 0 Å². The molecule has 8 nitrogen and oxygen atoms in total. The summed E-state index contributed by atoms with van der Waals surface area (Å²) in [6.07, 6.45) is 2.89. The number of anilines is 1. The predicted molar refractivity (Wildman–Crippen MR) is 166 cm³/mol. The Kier molecular flexibility index (Phi) is 9.25. The second-order valence-electron chi connectivity index (χ2n) is 11.3. The first kappa shape index (κ1) is 29.4. The van der Waals surface area contributed by atoms with Crippen LogP contribution in [0.1, 0.15) is 59.7 Å². The number of carbonyl (C=O) groups excluding carboxylic acids is 2. The van der Waals surface area contributed by atoms with Gasteiger partial charge in [0.2, 0.25) is 5.91 Å². The summed E-state index contributed by atoms with van der Waals surface area (Å²) in [7, 11) is 1.64. The van der Waals surface area contributed by atoms with Crippen molar-refractivity contribution in [1.82, 2.24) is 15.6 Å². The third kappa shape index (κ3) is 6.66. The van der Waals surface area contributed by atoms with E-state index in [1.54, 1.807) is 18.1 Å². The minimum absolute atomic E-state index is 0.0639. The van der Waals surface area contributed by atoms with Gasteiger partial charge < -0.3 is 30.4 Å². The van der Waals surface area contributed by atoms with Crippen molar-refractivity contribution in [1.29, 1.82) is 0 Å². The lowest BCUT2D eigenvalue weighted by molar-refractivity contribution is -0.117. The first-order chi connectivity index (χ1) is 20.3. The van der Waals surface area contributed by atoms with Gasteiger partial charge in [-0.15, -0.1) is 0 Å². The number of methoxy groups -OCH3 is 1. The average Bonchev–Trinajstić information content (AvgIpc) is 3.63. The molecule has 4 aromatic rings. The maximum absolute atomic E-state index is 13.8. The number of hydrogen-bond acceptors (Lipinski definition) is 5. The van der Waals surface area contributed by atoms with Gasteiger partial charge in [0.25, 0.3) is 5.91 Å². The quantitative estimate of drug-likeness (QED) is 0.194. The van der Waals surface area contributed by atoms with E-state index in [2.05, 4.69) is 29.5 Å². The Balaban J connectivity index is 1.39. The van der Waals surface area contributed by atoms with Crippen LogP contribution in [0.3, 0.4) is 0 Å². The fourth-order valence-electron chi connectivity index (χ4n) is 5.65. The van der Waals surface area contributed by atoms with Crippen LogP contribution in [0, 0.1) is 0 Å². The summed E-state index contributed by atoms with van der Waals surface area (Å²) in [5.74, 6) is 0.795. The fraction of sp³-hybridized carbons (Fsp3) is 0.353. The number of amides is 2. The van der Waals surface area contributed by atoms with Gasteiger partial charge in [-0.05, 0) is 59.7 Å². The van der Waals surface area contributed by atoms with Crippen molar-refractivity contribution >= 4 is 28.4 Å². The van der Waals surface area contributed by atoms with E-state index in [9.17, 15) is 14.7 Å². The van der Waals surface area contributed by atoms with Gasteiger partial charge in [0.1, 0.15) is 5.75 Å². The molecule has 0 saturated carbocycles. The fourth-order valence-corrected chi connectivity index (χ4v) is 5.65. The van der Waals surface area contributed by atoms with Crippen molar-refractivity contribution in [3.8, 4) is 5.75 Å². The number of H-pyrrole nitrogens is 1. The van der Waals surface area contributed by atoms with E-state index in [1.165, 1.54) is 0 Å². The standard InChI is InChI=1S/C34H40N4O4/c1-22(2)28-20-36-33-27(28)17-25(18-30(33)38-14-8-13-32(38)40)34(41)37-29(16-23-9-5-4-6-10-23)31(39)21-35-19-24-11-7-12-26(15-24)42-3/h4-7,9-12,15,17-18,20,22,29,31,35-36,39H,8,13-14,16,19,21H2,1-3H3,(H,37,41)/t29-,31-/m0/s1. The van der Waals surface area contributed by atoms with Gasteiger partial charge in [0.15, 0.2) is 0 Å². The van der Waals surface area contributed by atoms with Crippen LogP contribution >= 0.6 is 0 Å². The number of aromatic nitrogens is 1. The average molecular weight is 569 g/mol. The molecule has 4 N–H and O–H groups in total. The molecule has 5 rings (SSSR count). The summed E-state index contributed by atoms with van der Waals surface area (Å²) in [5.41, 5.74) is 5.21. The highest BCUT2D eigenvalue weighted by molar-refractivity contribution is 6.08. The lowest BCUT2D eigenvalue weighted by atomic mass is 9.98. The molecule has 1 aliphatic rings. The van der Waals surface area contributed by atoms with E-state index in [-0.39, 0.29) is 24.3 Å². The van der Waals surface area contributed by atoms with Crippen molar-refractivity contribution in [3.05, 3.63) is 95.2 Å². The third-order valence-corrected chi connectivity index (χ3v) is 7.95. The van der Waals surface area contributed by atoms with Gasteiger partial charge in [-0.1, -0.05) is 56.3 Å². The molecule has 0 unspecified atom stereocenters. The number of aliphatic hydroxyl groups excluding tert-OH is 1. The van der Waals surface area contributed by atoms with Crippen LogP contribution in [0.5, 0.6) is 5.75 Å². The lowest BCUT2D eigenvalue weighted by Gasteiger charge is -2.25. The summed E-state index contributed by atoms with van der Waals surface area (Å²) >= 11 is 0. The Labute approximate surface area is 247 Å². The summed E-state index contributed by atoms with van der Waals surface area (Å²) in [6, 6.07) is 20.8. The molecule has 2 atom stereocenters. The Morgan fingerprint density at radius 1 is 1.07 bits per heavy atom. The molecule has 42 heavy (non-hydrogen) atoms. The molecular formula is C34H40N4O4. The maximum atomic E-state index is 13.8. The minimum atomic E-state index is -0.846. The molecule has 1 aliphatic heterocycles. The Morgan fingerprint density at radius 2 is 1.86 bits per heavy atom. The van der Waals surface area contributed by atoms with Crippen molar-refractivity contribution in [2.24, 2.45) is 0 Å². The smallest absolute Gasteiger partial charge is 0.251 e. The topological polar surface area (TPSA) is 107 Å². The number of aromatic amines is 1. The minimum Gasteiger partial charge on any atom is -0.497 e. The lowest BCUT2D eigenvalue weighted by Crippen LogP contribution is -2.48. The number of carbonyl (C=O) groups is 2. The predicted octanol–water partition coefficient (Wildman–Crippen LogP) is 4.92. The molecule has 0 radical (unpaired) electrons. The number of fused-ring (bicyclic) bond motifs is 1. The van der Waals surface area contributed by atoms with Crippen molar-refractivity contribution in [2.75, 3.05) is 25.1 Å². The van der Waals surface area contributed by atoms with Crippen LogP contribution in [-0.2, 0) is 17.8 Å². The first-order valence-corrected chi connectivity index (χ1v) is 14.7. The van der Waals surface area contributed by atoms with E-state index in [4.69, 9.17) is 4.74 Å². The number of aliphatic hydroxyl groups is 1. The first-order valence-electron chi connectivity index (χ1n) is 14.7. The van der Waals surface area contributed by atoms with Crippen molar-refractivity contribution in [2.45, 2.75) is 57.7 Å². The molecule has 220 valence electrons. The molecule has 0 aliphatic carbocycles. The van der Waals surface area contributed by atoms with Gasteiger partial charge in [0, 0.05) is 43.2 Å². The summed E-state index contributed by atoms with van der Waals surface area (Å²) in [5, 5.41) is 18.7. The second-order valence-corrected chi connectivity index (χ2v) is 11.3. The molecule has 1 aromatic heterocycles. The van der Waals surface area contributed by atoms with Gasteiger partial charge in [-0.25, -0.2) is 0 Å². The summed E-state index contributed by atoms with van der Waals surface area (Å²) < 4.78 is 5.31. The van der Waals surface area contributed by atoms with Crippen LogP contribution in [0.4, 0.5) is 5.69 Å². The van der Waals surface area contributed by atoms with E-state index in [0.717, 1.165) is 45.5 Å². The molecule has 3 aromatic carbocycles. The van der Waals surface area contributed by atoms with Gasteiger partial charge >= 0.3 is 0 Å². The number of nitrogens with one attached hydrogen (secondary N) is 3. The Bertz CT molecular complexity index is 1530. The molecule has 2 amide bonds. The van der Waals surface area contributed by atoms with E-state index in [1.807, 2.05) is 66.9 Å². The van der Waals surface area contributed by atoms with Crippen LogP contribution in [0.2, 0.25) is 0 Å². The molecule has 1 fully saturated rings. The van der Waals surface area contributed by atoms with Crippen LogP contribution in [0.25, 0.3) is 10.9 Å². The monoisotopic (exact) mass is 568 g/mol. The van der Waals surface area contributed by atoms with Crippen LogP contribution in [-0.4, -0.2) is 54.2 Å². The Hall–Kier alpha value is -4.14. The normalized spacial score (nSPS) is 14.9. The van der Waals surface area contributed by atoms with Crippen molar-refractivity contribution < 1.29 is 19.4 Å². The van der Waals surface area contributed by atoms with Gasteiger partial charge in [-0.3, -0.25) is 9.59 Å². The molecule has 0 bridgehead atoms. The van der Waals surface area contributed by atoms with Gasteiger partial charge in [0.05, 0.1) is 30.5 Å². The summed E-state index contributed by atoms with van der Waals surface area (Å²) in [4.78, 5) is 31.7. The third-order valence-electron chi connectivity index (χ3n) is 7.95. The number of benzene rings is 3. The van der Waals surface area contributed by atoms with E-state index >= 15 is 0 Å². The second kappa shape index (κ2) is 13.2. The number of rotatable bonds is 12. The van der Waals surface area contributed by atoms with Crippen molar-refractivity contribution in [3.63, 3.8) is 0 Å². The number of ether oxygens (including phenoxy) is 1. The van der Waals surface area contributed by atoms with E-state index in [0.29, 0.717) is 31.5 Å². The zero-order chi connectivity index (χ0) is 29.6. The number of nitrogens with zero attached hydrogens (tertiary/aromatic N) is 1. The Morgan fingerprint density at radius 3 is 2.57 bits per heavy atom. The maximum Gasteiger partial charge on any atom is 0.251 e. The largest absolute Gasteiger partial charge is 0.497 e. The SMILES string of the molecule is COc1cccc(CNC[C@H](O)[C@H](Cc2ccccc2)NC(=O)c2cc(N3CCCC3=O)c3[nH]cc(C(C)C)c3c2)c1. The zero-order valence-corrected chi connectivity index (χ0v) is 24.5.